The van der Waals surface area contributed by atoms with Crippen molar-refractivity contribution in [3.8, 4) is 0 Å². The first kappa shape index (κ1) is 13.4. The van der Waals surface area contributed by atoms with Crippen molar-refractivity contribution in [2.24, 2.45) is 0 Å². The molecule has 1 heterocycles. The molecule has 3 nitrogen and oxygen atoms in total. The van der Waals surface area contributed by atoms with Gasteiger partial charge >= 0.3 is 0 Å². The normalized spacial score (nSPS) is 10.4. The van der Waals surface area contributed by atoms with Crippen molar-refractivity contribution in [3.05, 3.63) is 43.5 Å². The first-order valence-electron chi connectivity index (χ1n) is 5.09. The predicted octanol–water partition coefficient (Wildman–Crippen LogP) is 4.31. The van der Waals surface area contributed by atoms with Crippen LogP contribution in [0.5, 0.6) is 0 Å². The molecule has 0 aliphatic carbocycles. The van der Waals surface area contributed by atoms with Gasteiger partial charge in [-0.1, -0.05) is 27.5 Å². The maximum absolute atomic E-state index is 12.0. The Morgan fingerprint density at radius 1 is 1.44 bits per heavy atom. The van der Waals surface area contributed by atoms with E-state index in [9.17, 15) is 4.79 Å². The summed E-state index contributed by atoms with van der Waals surface area (Å²) in [5.41, 5.74) is 6.92. The van der Waals surface area contributed by atoms with Gasteiger partial charge in [-0.25, -0.2) is 0 Å². The average molecular weight is 346 g/mol. The van der Waals surface area contributed by atoms with E-state index < -0.39 is 0 Å². The van der Waals surface area contributed by atoms with Crippen molar-refractivity contribution >= 4 is 56.1 Å². The van der Waals surface area contributed by atoms with Gasteiger partial charge in [0, 0.05) is 15.0 Å². The molecule has 2 rings (SSSR count). The summed E-state index contributed by atoms with van der Waals surface area (Å²) in [4.78, 5) is 13.5. The fourth-order valence-corrected chi connectivity index (χ4v) is 2.75. The zero-order valence-electron chi connectivity index (χ0n) is 9.46. The minimum absolute atomic E-state index is 0.209. The van der Waals surface area contributed by atoms with Crippen LogP contribution in [0, 0.1) is 6.92 Å². The number of carbonyl (C=O) groups is 1. The molecular weight excluding hydrogens is 336 g/mol. The lowest BCUT2D eigenvalue weighted by atomic mass is 10.3. The summed E-state index contributed by atoms with van der Waals surface area (Å²) in [6.45, 7) is 1.88. The number of rotatable bonds is 2. The number of halogens is 2. The molecular formula is C12H10BrClN2OS. The number of benzene rings is 1. The van der Waals surface area contributed by atoms with E-state index >= 15 is 0 Å². The number of anilines is 2. The number of nitrogen functional groups attached to an aromatic ring is 1. The van der Waals surface area contributed by atoms with Gasteiger partial charge in [0.1, 0.15) is 0 Å². The Morgan fingerprint density at radius 2 is 2.17 bits per heavy atom. The Kier molecular flexibility index (Phi) is 3.94. The minimum Gasteiger partial charge on any atom is -0.398 e. The van der Waals surface area contributed by atoms with Crippen LogP contribution in [0.25, 0.3) is 0 Å². The van der Waals surface area contributed by atoms with E-state index in [1.807, 2.05) is 13.0 Å². The van der Waals surface area contributed by atoms with Crippen LogP contribution in [0.4, 0.5) is 11.4 Å². The summed E-state index contributed by atoms with van der Waals surface area (Å²) in [6, 6.07) is 6.95. The molecule has 0 unspecified atom stereocenters. The van der Waals surface area contributed by atoms with Crippen LogP contribution in [0.15, 0.2) is 28.7 Å². The van der Waals surface area contributed by atoms with E-state index in [0.29, 0.717) is 21.3 Å². The zero-order chi connectivity index (χ0) is 13.3. The number of nitrogens with one attached hydrogen (secondary N) is 1. The predicted molar refractivity (Wildman–Crippen MR) is 80.6 cm³/mol. The molecule has 18 heavy (non-hydrogen) atoms. The van der Waals surface area contributed by atoms with E-state index in [1.165, 1.54) is 11.3 Å². The standard InChI is InChI=1S/C12H10BrClN2OS/c1-6-9(15)5-11(18-6)12(17)16-10-4-7(13)2-3-8(10)14/h2-5H,15H2,1H3,(H,16,17). The molecule has 0 aliphatic heterocycles. The summed E-state index contributed by atoms with van der Waals surface area (Å²) in [5, 5.41) is 3.26. The maximum atomic E-state index is 12.0. The molecule has 0 aliphatic rings. The molecule has 3 N–H and O–H groups in total. The van der Waals surface area contributed by atoms with E-state index in [4.69, 9.17) is 17.3 Å². The van der Waals surface area contributed by atoms with Gasteiger partial charge in [0.2, 0.25) is 0 Å². The molecule has 0 atom stereocenters. The van der Waals surface area contributed by atoms with Crippen molar-refractivity contribution < 1.29 is 4.79 Å². The largest absolute Gasteiger partial charge is 0.398 e. The van der Waals surface area contributed by atoms with Gasteiger partial charge in [0.05, 0.1) is 15.6 Å². The molecule has 6 heteroatoms. The van der Waals surface area contributed by atoms with E-state index in [2.05, 4.69) is 21.2 Å². The molecule has 1 aromatic carbocycles. The fourth-order valence-electron chi connectivity index (χ4n) is 1.39. The third-order valence-corrected chi connectivity index (χ3v) is 4.24. The van der Waals surface area contributed by atoms with Gasteiger partial charge < -0.3 is 11.1 Å². The van der Waals surface area contributed by atoms with Crippen LogP contribution >= 0.6 is 38.9 Å². The number of hydrogen-bond donors (Lipinski definition) is 2. The van der Waals surface area contributed by atoms with Crippen LogP contribution in [-0.4, -0.2) is 5.91 Å². The molecule has 1 aromatic heterocycles. The number of nitrogens with two attached hydrogens (primary N) is 1. The molecule has 2 aromatic rings. The second-order valence-electron chi connectivity index (χ2n) is 3.70. The van der Waals surface area contributed by atoms with Crippen molar-refractivity contribution in [2.45, 2.75) is 6.92 Å². The third-order valence-electron chi connectivity index (χ3n) is 2.36. The fraction of sp³-hybridized carbons (Fsp3) is 0.0833. The lowest BCUT2D eigenvalue weighted by Crippen LogP contribution is -2.10. The second-order valence-corrected chi connectivity index (χ2v) is 6.28. The summed E-state index contributed by atoms with van der Waals surface area (Å²) >= 11 is 10.7. The van der Waals surface area contributed by atoms with Gasteiger partial charge in [-0.2, -0.15) is 0 Å². The van der Waals surface area contributed by atoms with Crippen LogP contribution in [0.1, 0.15) is 14.5 Å². The summed E-state index contributed by atoms with van der Waals surface area (Å²) < 4.78 is 0.851. The summed E-state index contributed by atoms with van der Waals surface area (Å²) in [7, 11) is 0. The SMILES string of the molecule is Cc1sc(C(=O)Nc2cc(Br)ccc2Cl)cc1N. The van der Waals surface area contributed by atoms with Crippen LogP contribution < -0.4 is 11.1 Å². The average Bonchev–Trinajstić information content (AvgIpc) is 2.64. The number of hydrogen-bond acceptors (Lipinski definition) is 3. The summed E-state index contributed by atoms with van der Waals surface area (Å²) in [6.07, 6.45) is 0. The third kappa shape index (κ3) is 2.85. The highest BCUT2D eigenvalue weighted by Gasteiger charge is 2.12. The Morgan fingerprint density at radius 3 is 2.78 bits per heavy atom. The van der Waals surface area contributed by atoms with Gasteiger partial charge in [-0.05, 0) is 31.2 Å². The molecule has 0 radical (unpaired) electrons. The van der Waals surface area contributed by atoms with Gasteiger partial charge in [-0.3, -0.25) is 4.79 Å². The van der Waals surface area contributed by atoms with Crippen molar-refractivity contribution in [2.75, 3.05) is 11.1 Å². The van der Waals surface area contributed by atoms with Crippen LogP contribution in [-0.2, 0) is 0 Å². The first-order chi connectivity index (χ1) is 8.47. The molecule has 0 fully saturated rings. The number of carbonyl (C=O) groups excluding carboxylic acids is 1. The van der Waals surface area contributed by atoms with Gasteiger partial charge in [-0.15, -0.1) is 11.3 Å². The molecule has 1 amide bonds. The van der Waals surface area contributed by atoms with Crippen LogP contribution in [0.2, 0.25) is 5.02 Å². The van der Waals surface area contributed by atoms with Crippen molar-refractivity contribution in [1.82, 2.24) is 0 Å². The Balaban J connectivity index is 2.23. The van der Waals surface area contributed by atoms with Gasteiger partial charge in [0.25, 0.3) is 5.91 Å². The molecule has 0 saturated heterocycles. The maximum Gasteiger partial charge on any atom is 0.265 e. The lowest BCUT2D eigenvalue weighted by Gasteiger charge is -2.06. The monoisotopic (exact) mass is 344 g/mol. The highest BCUT2D eigenvalue weighted by Crippen LogP contribution is 2.28. The quantitative estimate of drug-likeness (QED) is 0.852. The Hall–Kier alpha value is -1.04. The highest BCUT2D eigenvalue weighted by atomic mass is 79.9. The lowest BCUT2D eigenvalue weighted by molar-refractivity contribution is 0.103. The first-order valence-corrected chi connectivity index (χ1v) is 7.08. The topological polar surface area (TPSA) is 55.1 Å². The van der Waals surface area contributed by atoms with E-state index in [-0.39, 0.29) is 5.91 Å². The van der Waals surface area contributed by atoms with Gasteiger partial charge in [0.15, 0.2) is 0 Å². The minimum atomic E-state index is -0.209. The number of aryl methyl sites for hydroxylation is 1. The Bertz CT molecular complexity index is 593. The van der Waals surface area contributed by atoms with Crippen molar-refractivity contribution in [1.29, 1.82) is 0 Å². The number of amides is 1. The number of thiophene rings is 1. The molecule has 94 valence electrons. The van der Waals surface area contributed by atoms with E-state index in [1.54, 1.807) is 18.2 Å². The second kappa shape index (κ2) is 5.30. The van der Waals surface area contributed by atoms with Crippen molar-refractivity contribution in [3.63, 3.8) is 0 Å². The molecule has 0 saturated carbocycles. The zero-order valence-corrected chi connectivity index (χ0v) is 12.6. The summed E-state index contributed by atoms with van der Waals surface area (Å²) in [5.74, 6) is -0.209. The Labute approximate surface area is 122 Å². The van der Waals surface area contributed by atoms with Crippen LogP contribution in [0.3, 0.4) is 0 Å². The molecule has 0 bridgehead atoms. The smallest absolute Gasteiger partial charge is 0.265 e. The highest BCUT2D eigenvalue weighted by molar-refractivity contribution is 9.10. The van der Waals surface area contributed by atoms with E-state index in [0.717, 1.165) is 9.35 Å². The molecule has 0 spiro atoms.